The average Bonchev–Trinajstić information content (AvgIpc) is 2.27. The van der Waals surface area contributed by atoms with E-state index in [9.17, 15) is 4.79 Å². The Bertz CT molecular complexity index is 301. The van der Waals surface area contributed by atoms with Crippen molar-refractivity contribution in [1.29, 1.82) is 0 Å². The molecule has 2 rings (SSSR count). The number of carbonyl (C=O) groups excluding carboxylic acids is 1. The lowest BCUT2D eigenvalue weighted by atomic mass is 9.76. The Balaban J connectivity index is 1.97. The number of rotatable bonds is 4. The molecule has 0 heterocycles. The highest BCUT2D eigenvalue weighted by Gasteiger charge is 2.40. The van der Waals surface area contributed by atoms with E-state index >= 15 is 0 Å². The van der Waals surface area contributed by atoms with Crippen LogP contribution in [0.25, 0.3) is 0 Å². The Morgan fingerprint density at radius 3 is 2.56 bits per heavy atom. The second-order valence-corrected chi connectivity index (χ2v) is 6.50. The first-order valence-electron chi connectivity index (χ1n) is 7.63. The minimum Gasteiger partial charge on any atom is -0.341 e. The molecule has 2 aliphatic rings. The zero-order valence-corrected chi connectivity index (χ0v) is 12.0. The molecule has 2 atom stereocenters. The van der Waals surface area contributed by atoms with E-state index in [2.05, 4.69) is 13.8 Å². The summed E-state index contributed by atoms with van der Waals surface area (Å²) in [7, 11) is 0. The maximum atomic E-state index is 12.7. The summed E-state index contributed by atoms with van der Waals surface area (Å²) in [5, 5.41) is 0. The van der Waals surface area contributed by atoms with E-state index in [1.807, 2.05) is 4.90 Å². The molecule has 2 unspecified atom stereocenters. The van der Waals surface area contributed by atoms with E-state index in [0.29, 0.717) is 5.92 Å². The van der Waals surface area contributed by atoms with Crippen molar-refractivity contribution in [3.8, 4) is 0 Å². The van der Waals surface area contributed by atoms with Crippen LogP contribution in [0, 0.1) is 11.8 Å². The molecule has 3 heteroatoms. The molecule has 104 valence electrons. The molecular formula is C15H28N2O. The molecule has 0 bridgehead atoms. The fourth-order valence-electron chi connectivity index (χ4n) is 3.44. The van der Waals surface area contributed by atoms with E-state index in [-0.39, 0.29) is 5.91 Å². The summed E-state index contributed by atoms with van der Waals surface area (Å²) in [6, 6.07) is 0. The van der Waals surface area contributed by atoms with Gasteiger partial charge in [-0.15, -0.1) is 0 Å². The van der Waals surface area contributed by atoms with Gasteiger partial charge in [-0.2, -0.15) is 0 Å². The van der Waals surface area contributed by atoms with Crippen LogP contribution in [0.4, 0.5) is 0 Å². The standard InChI is InChI=1S/C15H28N2O/c1-3-17(11-13-7-4-8-13)14(18)15(16)9-5-6-12(2)10-15/h12-13H,3-11,16H2,1-2H3. The van der Waals surface area contributed by atoms with E-state index < -0.39 is 5.54 Å². The quantitative estimate of drug-likeness (QED) is 0.835. The van der Waals surface area contributed by atoms with E-state index in [1.165, 1.54) is 25.7 Å². The minimum absolute atomic E-state index is 0.212. The minimum atomic E-state index is -0.572. The first-order valence-corrected chi connectivity index (χ1v) is 7.63. The van der Waals surface area contributed by atoms with Gasteiger partial charge in [-0.05, 0) is 44.4 Å². The molecule has 0 radical (unpaired) electrons. The van der Waals surface area contributed by atoms with Gasteiger partial charge in [-0.25, -0.2) is 0 Å². The van der Waals surface area contributed by atoms with Crippen molar-refractivity contribution in [2.75, 3.05) is 13.1 Å². The molecule has 0 spiro atoms. The van der Waals surface area contributed by atoms with Gasteiger partial charge < -0.3 is 10.6 Å². The molecule has 0 saturated heterocycles. The molecule has 3 nitrogen and oxygen atoms in total. The monoisotopic (exact) mass is 252 g/mol. The highest BCUT2D eigenvalue weighted by molar-refractivity contribution is 5.86. The molecule has 0 aromatic rings. The van der Waals surface area contributed by atoms with Gasteiger partial charge in [-0.1, -0.05) is 26.2 Å². The Morgan fingerprint density at radius 1 is 1.33 bits per heavy atom. The Hall–Kier alpha value is -0.570. The molecule has 2 N–H and O–H groups in total. The topological polar surface area (TPSA) is 46.3 Å². The summed E-state index contributed by atoms with van der Waals surface area (Å²) in [6.07, 6.45) is 7.98. The second kappa shape index (κ2) is 5.60. The summed E-state index contributed by atoms with van der Waals surface area (Å²) in [5.74, 6) is 1.54. The van der Waals surface area contributed by atoms with Crippen molar-refractivity contribution in [3.05, 3.63) is 0 Å². The van der Waals surface area contributed by atoms with Crippen molar-refractivity contribution in [2.24, 2.45) is 17.6 Å². The molecular weight excluding hydrogens is 224 g/mol. The highest BCUT2D eigenvalue weighted by Crippen LogP contribution is 2.33. The maximum Gasteiger partial charge on any atom is 0.242 e. The third-order valence-electron chi connectivity index (χ3n) is 4.83. The van der Waals surface area contributed by atoms with E-state index in [4.69, 9.17) is 5.73 Å². The Morgan fingerprint density at radius 2 is 2.06 bits per heavy atom. The number of nitrogens with zero attached hydrogens (tertiary/aromatic N) is 1. The number of hydrogen-bond acceptors (Lipinski definition) is 2. The fourth-order valence-corrected chi connectivity index (χ4v) is 3.44. The highest BCUT2D eigenvalue weighted by atomic mass is 16.2. The SMILES string of the molecule is CCN(CC1CCC1)C(=O)C1(N)CCCC(C)C1. The van der Waals surface area contributed by atoms with Crippen molar-refractivity contribution < 1.29 is 4.79 Å². The van der Waals surface area contributed by atoms with Crippen molar-refractivity contribution >= 4 is 5.91 Å². The summed E-state index contributed by atoms with van der Waals surface area (Å²) < 4.78 is 0. The zero-order chi connectivity index (χ0) is 13.2. The fraction of sp³-hybridized carbons (Fsp3) is 0.933. The lowest BCUT2D eigenvalue weighted by molar-refractivity contribution is -0.139. The van der Waals surface area contributed by atoms with Crippen molar-refractivity contribution in [3.63, 3.8) is 0 Å². The first-order chi connectivity index (χ1) is 8.55. The average molecular weight is 252 g/mol. The van der Waals surface area contributed by atoms with Gasteiger partial charge in [0, 0.05) is 13.1 Å². The van der Waals surface area contributed by atoms with Crippen LogP contribution in [-0.4, -0.2) is 29.4 Å². The first kappa shape index (κ1) is 13.9. The predicted octanol–water partition coefficient (Wildman–Crippen LogP) is 2.54. The van der Waals surface area contributed by atoms with Crippen LogP contribution in [0.15, 0.2) is 0 Å². The van der Waals surface area contributed by atoms with Crippen LogP contribution >= 0.6 is 0 Å². The Labute approximate surface area is 111 Å². The lowest BCUT2D eigenvalue weighted by Gasteiger charge is -2.41. The van der Waals surface area contributed by atoms with Gasteiger partial charge in [0.1, 0.15) is 0 Å². The summed E-state index contributed by atoms with van der Waals surface area (Å²) in [4.78, 5) is 14.7. The van der Waals surface area contributed by atoms with Crippen molar-refractivity contribution in [1.82, 2.24) is 4.90 Å². The van der Waals surface area contributed by atoms with Gasteiger partial charge in [0.15, 0.2) is 0 Å². The van der Waals surface area contributed by atoms with Crippen molar-refractivity contribution in [2.45, 2.75) is 64.3 Å². The maximum absolute atomic E-state index is 12.7. The van der Waals surface area contributed by atoms with E-state index in [0.717, 1.165) is 38.3 Å². The third-order valence-corrected chi connectivity index (χ3v) is 4.83. The predicted molar refractivity (Wildman–Crippen MR) is 74.1 cm³/mol. The molecule has 2 fully saturated rings. The number of amides is 1. The van der Waals surface area contributed by atoms with Gasteiger partial charge in [0.25, 0.3) is 0 Å². The van der Waals surface area contributed by atoms with Gasteiger partial charge in [-0.3, -0.25) is 4.79 Å². The van der Waals surface area contributed by atoms with Crippen LogP contribution in [-0.2, 0) is 4.79 Å². The molecule has 2 aliphatic carbocycles. The summed E-state index contributed by atoms with van der Waals surface area (Å²) in [5.41, 5.74) is 5.84. The second-order valence-electron chi connectivity index (χ2n) is 6.50. The zero-order valence-electron chi connectivity index (χ0n) is 12.0. The van der Waals surface area contributed by atoms with Crippen LogP contribution in [0.2, 0.25) is 0 Å². The summed E-state index contributed by atoms with van der Waals surface area (Å²) >= 11 is 0. The molecule has 1 amide bonds. The van der Waals surface area contributed by atoms with Gasteiger partial charge >= 0.3 is 0 Å². The van der Waals surface area contributed by atoms with Gasteiger partial charge in [0.05, 0.1) is 5.54 Å². The molecule has 0 aromatic carbocycles. The molecule has 0 aliphatic heterocycles. The van der Waals surface area contributed by atoms with E-state index in [1.54, 1.807) is 0 Å². The lowest BCUT2D eigenvalue weighted by Crippen LogP contribution is -2.58. The van der Waals surface area contributed by atoms with Gasteiger partial charge in [0.2, 0.25) is 5.91 Å². The molecule has 0 aromatic heterocycles. The molecule has 18 heavy (non-hydrogen) atoms. The summed E-state index contributed by atoms with van der Waals surface area (Å²) in [6.45, 7) is 6.04. The number of hydrogen-bond donors (Lipinski definition) is 1. The number of carbonyl (C=O) groups is 1. The third kappa shape index (κ3) is 2.87. The molecule has 2 saturated carbocycles. The van der Waals surface area contributed by atoms with Crippen LogP contribution < -0.4 is 5.73 Å². The van der Waals surface area contributed by atoms with Crippen LogP contribution in [0.5, 0.6) is 0 Å². The number of nitrogens with two attached hydrogens (primary N) is 1. The Kier molecular flexibility index (Phi) is 4.31. The smallest absolute Gasteiger partial charge is 0.242 e. The normalized spacial score (nSPS) is 32.9. The van der Waals surface area contributed by atoms with Crippen LogP contribution in [0.3, 0.4) is 0 Å². The largest absolute Gasteiger partial charge is 0.341 e. The van der Waals surface area contributed by atoms with Crippen LogP contribution in [0.1, 0.15) is 58.8 Å². The number of likely N-dealkylation sites (N-methyl/N-ethyl adjacent to an activating group) is 1.